The predicted octanol–water partition coefficient (Wildman–Crippen LogP) is 3.40. The third-order valence-electron chi connectivity index (χ3n) is 0.907. The summed E-state index contributed by atoms with van der Waals surface area (Å²) in [6.45, 7) is 0.279. The first-order chi connectivity index (χ1) is 5.35. The molecule has 0 saturated heterocycles. The fraction of sp³-hybridized carbons (Fsp3) is 0.167. The Bertz CT molecular complexity index is 171. The third-order valence-corrected chi connectivity index (χ3v) is 0.907. The summed E-state index contributed by atoms with van der Waals surface area (Å²) in [5.74, 6) is 0. The van der Waals surface area contributed by atoms with Crippen molar-refractivity contribution in [2.24, 2.45) is 0 Å². The molecule has 0 atom stereocenters. The molecule has 5 heteroatoms. The van der Waals surface area contributed by atoms with Crippen LogP contribution in [0.3, 0.4) is 0 Å². The summed E-state index contributed by atoms with van der Waals surface area (Å²) in [6, 6.07) is 5.57. The summed E-state index contributed by atoms with van der Waals surface area (Å²) in [6.07, 6.45) is 1.70. The number of nitrogens with one attached hydrogen (secondary N) is 1. The molecule has 1 N–H and O–H groups in total. The van der Waals surface area contributed by atoms with Crippen LogP contribution in [0.1, 0.15) is 5.69 Å². The second-order valence-corrected chi connectivity index (χ2v) is 18.1. The number of rotatable bonds is 1. The van der Waals surface area contributed by atoms with Gasteiger partial charge in [0, 0.05) is 11.9 Å². The van der Waals surface area contributed by atoms with Crippen LogP contribution in [-0.4, -0.2) is 4.98 Å². The quantitative estimate of drug-likeness (QED) is 0.490. The second kappa shape index (κ2) is 9.35. The van der Waals surface area contributed by atoms with Crippen LogP contribution in [0, 0.1) is 0 Å². The van der Waals surface area contributed by atoms with E-state index in [4.69, 9.17) is 5.73 Å². The van der Waals surface area contributed by atoms with E-state index in [9.17, 15) is 0 Å². The fourth-order valence-electron chi connectivity index (χ4n) is 0.503. The van der Waals surface area contributed by atoms with Crippen molar-refractivity contribution in [3.63, 3.8) is 0 Å². The van der Waals surface area contributed by atoms with Gasteiger partial charge in [-0.15, -0.1) is 6.54 Å². The molecule has 1 heterocycles. The number of halogens is 2. The minimum atomic E-state index is 0.279. The molecule has 66 valence electrons. The van der Waals surface area contributed by atoms with Crippen LogP contribution < -0.4 is 0 Å². The fourth-order valence-corrected chi connectivity index (χ4v) is 0.503. The monoisotopic (exact) mass is 556 g/mol. The van der Waals surface area contributed by atoms with E-state index in [0.717, 1.165) is 5.69 Å². The average molecular weight is 556 g/mol. The largest absolute Gasteiger partial charge is 0.672 e. The predicted molar refractivity (Wildman–Crippen MR) is 60.3 cm³/mol. The third kappa shape index (κ3) is 7.61. The first-order valence-corrected chi connectivity index (χ1v) is 15.6. The summed E-state index contributed by atoms with van der Waals surface area (Å²) in [4.78, 5) is 3.91. The molecule has 0 fully saturated rings. The summed E-state index contributed by atoms with van der Waals surface area (Å²) >= 11 is 5.30. The van der Waals surface area contributed by atoms with Crippen LogP contribution in [0.15, 0.2) is 24.4 Å². The van der Waals surface area contributed by atoms with Gasteiger partial charge in [0.15, 0.2) is 0 Å². The van der Waals surface area contributed by atoms with Gasteiger partial charge >= 0.3 is 49.9 Å². The smallest absolute Gasteiger partial charge is 0.0270 e. The summed E-state index contributed by atoms with van der Waals surface area (Å²) in [5, 5.41) is 0. The van der Waals surface area contributed by atoms with Gasteiger partial charge < -0.3 is 5.73 Å². The van der Waals surface area contributed by atoms with E-state index in [-0.39, 0.29) is 6.54 Å². The molecule has 0 radical (unpaired) electrons. The molecule has 0 saturated carbocycles. The van der Waals surface area contributed by atoms with Crippen LogP contribution >= 0.6 is 38.7 Å². The molecular formula is C6H7I2N2Pt-. The van der Waals surface area contributed by atoms with E-state index in [2.05, 4.69) is 43.7 Å². The molecular weight excluding hydrogens is 549 g/mol. The molecule has 1 rings (SSSR count). The summed E-state index contributed by atoms with van der Waals surface area (Å²) < 4.78 is 0. The molecule has 0 aliphatic heterocycles. The number of hydrogen-bond donors (Lipinski definition) is 0. The maximum Gasteiger partial charge on any atom is 0.0270 e. The van der Waals surface area contributed by atoms with Gasteiger partial charge in [-0.25, -0.2) is 0 Å². The summed E-state index contributed by atoms with van der Waals surface area (Å²) in [5.41, 5.74) is 7.71. The normalized spacial score (nSPS) is 8.64. The number of hydrogen-bond acceptors (Lipinski definition) is 1. The van der Waals surface area contributed by atoms with E-state index < -0.39 is 0 Å². The van der Waals surface area contributed by atoms with Crippen molar-refractivity contribution in [3.8, 4) is 0 Å². The van der Waals surface area contributed by atoms with Crippen LogP contribution in [-0.2, 0) is 17.7 Å². The molecule has 11 heavy (non-hydrogen) atoms. The van der Waals surface area contributed by atoms with Crippen molar-refractivity contribution in [2.45, 2.75) is 6.54 Å². The SMILES string of the molecule is [I][Pt][I].[NH-]Cc1ccccn1. The molecule has 0 aliphatic carbocycles. The Morgan fingerprint density at radius 3 is 2.36 bits per heavy atom. The van der Waals surface area contributed by atoms with E-state index in [1.807, 2.05) is 18.2 Å². The zero-order valence-corrected chi connectivity index (χ0v) is 12.1. The topological polar surface area (TPSA) is 36.7 Å². The van der Waals surface area contributed by atoms with Crippen molar-refractivity contribution < 1.29 is 11.2 Å². The van der Waals surface area contributed by atoms with E-state index >= 15 is 0 Å². The second-order valence-electron chi connectivity index (χ2n) is 1.54. The molecule has 0 unspecified atom stereocenters. The first-order valence-electron chi connectivity index (χ1n) is 2.72. The van der Waals surface area contributed by atoms with Crippen LogP contribution in [0.2, 0.25) is 0 Å². The van der Waals surface area contributed by atoms with E-state index in [1.165, 1.54) is 0 Å². The van der Waals surface area contributed by atoms with Gasteiger partial charge in [0.1, 0.15) is 0 Å². The van der Waals surface area contributed by atoms with Crippen LogP contribution in [0.25, 0.3) is 5.73 Å². The Hall–Kier alpha value is 1.26. The molecule has 0 aromatic carbocycles. The minimum Gasteiger partial charge on any atom is -0.672 e. The average Bonchev–Trinajstić information content (AvgIpc) is 2.08. The number of aromatic nitrogens is 1. The molecule has 1 aromatic rings. The van der Waals surface area contributed by atoms with E-state index in [1.54, 1.807) is 6.20 Å². The van der Waals surface area contributed by atoms with Crippen LogP contribution in [0.5, 0.6) is 0 Å². The number of nitrogens with zero attached hydrogens (tertiary/aromatic N) is 1. The standard InChI is InChI=1S/C6H7N2.2HI.Pt/c7-5-6-3-1-2-4-8-6;;;/h1-4,7H,5H2;2*1H;/q-1;;;+2/p-2. The first kappa shape index (κ1) is 12.3. The van der Waals surface area contributed by atoms with Crippen molar-refractivity contribution in [2.75, 3.05) is 0 Å². The summed E-state index contributed by atoms with van der Waals surface area (Å²) in [7, 11) is 0. The molecule has 1 aromatic heterocycles. The Kier molecular flexibility index (Phi) is 10.4. The zero-order chi connectivity index (χ0) is 8.53. The van der Waals surface area contributed by atoms with Gasteiger partial charge in [-0.2, -0.15) is 0 Å². The molecule has 0 aliphatic rings. The van der Waals surface area contributed by atoms with Gasteiger partial charge in [-0.05, 0) is 12.1 Å². The molecule has 0 bridgehead atoms. The van der Waals surface area contributed by atoms with Gasteiger partial charge in [0.05, 0.1) is 0 Å². The maximum atomic E-state index is 6.88. The molecule has 2 nitrogen and oxygen atoms in total. The van der Waals surface area contributed by atoms with Crippen molar-refractivity contribution in [3.05, 3.63) is 35.8 Å². The number of pyridine rings is 1. The molecule has 0 spiro atoms. The van der Waals surface area contributed by atoms with Crippen molar-refractivity contribution in [1.29, 1.82) is 0 Å². The Balaban J connectivity index is 0.000000292. The minimum absolute atomic E-state index is 0.279. The van der Waals surface area contributed by atoms with Gasteiger partial charge in [0.2, 0.25) is 0 Å². The zero-order valence-electron chi connectivity index (χ0n) is 5.54. The van der Waals surface area contributed by atoms with E-state index in [0.29, 0.717) is 11.2 Å². The Morgan fingerprint density at radius 2 is 2.09 bits per heavy atom. The van der Waals surface area contributed by atoms with Crippen LogP contribution in [0.4, 0.5) is 0 Å². The van der Waals surface area contributed by atoms with Gasteiger partial charge in [-0.1, -0.05) is 6.07 Å². The Morgan fingerprint density at radius 1 is 1.45 bits per heavy atom. The van der Waals surface area contributed by atoms with Gasteiger partial charge in [0.25, 0.3) is 0 Å². The van der Waals surface area contributed by atoms with Crippen molar-refractivity contribution >= 4 is 38.7 Å². The maximum absolute atomic E-state index is 6.88. The molecule has 0 amide bonds. The van der Waals surface area contributed by atoms with Gasteiger partial charge in [-0.3, -0.25) is 4.98 Å². The van der Waals surface area contributed by atoms with Crippen molar-refractivity contribution in [1.82, 2.24) is 4.98 Å². The Labute approximate surface area is 95.9 Å².